The summed E-state index contributed by atoms with van der Waals surface area (Å²) in [6.45, 7) is 0.882. The minimum atomic E-state index is -0.174. The Balaban J connectivity index is 1.73. The van der Waals surface area contributed by atoms with Gasteiger partial charge in [-0.3, -0.25) is 4.79 Å². The molecule has 0 aromatic heterocycles. The molecule has 6 heteroatoms. The van der Waals surface area contributed by atoms with Crippen molar-refractivity contribution in [3.8, 4) is 17.2 Å². The summed E-state index contributed by atoms with van der Waals surface area (Å²) in [6.07, 6.45) is 0.706. The van der Waals surface area contributed by atoms with E-state index in [0.29, 0.717) is 30.6 Å². The summed E-state index contributed by atoms with van der Waals surface area (Å²) in [4.78, 5) is 14.1. The Hall–Kier alpha value is -2.21. The third kappa shape index (κ3) is 2.86. The van der Waals surface area contributed by atoms with Crippen LogP contribution in [-0.2, 0) is 13.0 Å². The molecule has 0 spiro atoms. The van der Waals surface area contributed by atoms with Crippen LogP contribution >= 0.6 is 15.9 Å². The highest BCUT2D eigenvalue weighted by molar-refractivity contribution is 9.10. The van der Waals surface area contributed by atoms with Gasteiger partial charge in [-0.05, 0) is 46.1 Å². The zero-order valence-electron chi connectivity index (χ0n) is 12.5. The van der Waals surface area contributed by atoms with Gasteiger partial charge in [0.2, 0.25) is 0 Å². The van der Waals surface area contributed by atoms with Crippen LogP contribution in [0.25, 0.3) is 0 Å². The molecule has 2 aromatic rings. The molecule has 1 aliphatic heterocycles. The molecule has 0 saturated carbocycles. The maximum Gasteiger partial charge on any atom is 0.254 e. The number of aromatic hydroxyl groups is 2. The van der Waals surface area contributed by atoms with Crippen molar-refractivity contribution >= 4 is 21.8 Å². The van der Waals surface area contributed by atoms with Gasteiger partial charge >= 0.3 is 0 Å². The quantitative estimate of drug-likeness (QED) is 0.858. The highest BCUT2D eigenvalue weighted by Gasteiger charge is 2.31. The number of phenolic OH excluding ortho intramolecular Hbond substituents is 2. The fraction of sp³-hybridized carbons (Fsp3) is 0.235. The van der Waals surface area contributed by atoms with E-state index in [1.54, 1.807) is 12.0 Å². The molecule has 0 fully saturated rings. The van der Waals surface area contributed by atoms with Crippen molar-refractivity contribution < 1.29 is 19.7 Å². The number of hydrogen-bond donors (Lipinski definition) is 2. The van der Waals surface area contributed by atoms with Crippen LogP contribution < -0.4 is 4.74 Å². The van der Waals surface area contributed by atoms with Gasteiger partial charge in [-0.2, -0.15) is 0 Å². The van der Waals surface area contributed by atoms with E-state index in [4.69, 9.17) is 4.74 Å². The first-order valence-corrected chi connectivity index (χ1v) is 7.96. The molecule has 0 atom stereocenters. The van der Waals surface area contributed by atoms with E-state index < -0.39 is 0 Å². The monoisotopic (exact) mass is 377 g/mol. The van der Waals surface area contributed by atoms with Gasteiger partial charge in [0.15, 0.2) is 0 Å². The predicted octanol–water partition coefficient (Wildman–Crippen LogP) is 3.07. The third-order valence-corrected chi connectivity index (χ3v) is 4.80. The van der Waals surface area contributed by atoms with Crippen molar-refractivity contribution in [3.63, 3.8) is 0 Å². The first-order valence-electron chi connectivity index (χ1n) is 7.16. The second-order valence-corrected chi connectivity index (χ2v) is 6.20. The Morgan fingerprint density at radius 1 is 1.26 bits per heavy atom. The second kappa shape index (κ2) is 6.12. The Bertz CT molecular complexity index is 758. The highest BCUT2D eigenvalue weighted by Crippen LogP contribution is 2.41. The van der Waals surface area contributed by atoms with Crippen LogP contribution in [0.15, 0.2) is 34.8 Å². The average molecular weight is 378 g/mol. The van der Waals surface area contributed by atoms with Gasteiger partial charge in [0.1, 0.15) is 21.7 Å². The summed E-state index contributed by atoms with van der Waals surface area (Å²) in [6, 6.07) is 9.10. The smallest absolute Gasteiger partial charge is 0.254 e. The first kappa shape index (κ1) is 15.7. The molecule has 0 bridgehead atoms. The largest absolute Gasteiger partial charge is 0.507 e. The van der Waals surface area contributed by atoms with Gasteiger partial charge in [0.25, 0.3) is 5.91 Å². The van der Waals surface area contributed by atoms with Crippen LogP contribution in [0.3, 0.4) is 0 Å². The van der Waals surface area contributed by atoms with Crippen molar-refractivity contribution in [2.24, 2.45) is 0 Å². The highest BCUT2D eigenvalue weighted by atomic mass is 79.9. The second-order valence-electron chi connectivity index (χ2n) is 5.41. The number of amides is 1. The summed E-state index contributed by atoms with van der Waals surface area (Å²) in [7, 11) is 1.62. The summed E-state index contributed by atoms with van der Waals surface area (Å²) < 4.78 is 5.34. The van der Waals surface area contributed by atoms with Crippen molar-refractivity contribution in [1.82, 2.24) is 4.90 Å². The lowest BCUT2D eigenvalue weighted by atomic mass is 10.1. The summed E-state index contributed by atoms with van der Waals surface area (Å²) >= 11 is 3.12. The van der Waals surface area contributed by atoms with E-state index in [0.717, 1.165) is 11.3 Å². The zero-order chi connectivity index (χ0) is 16.6. The summed E-state index contributed by atoms with van der Waals surface area (Å²) in [5.41, 5.74) is 2.01. The Kier molecular flexibility index (Phi) is 4.17. The normalized spacial score (nSPS) is 13.3. The van der Waals surface area contributed by atoms with Crippen molar-refractivity contribution in [2.75, 3.05) is 13.7 Å². The summed E-state index contributed by atoms with van der Waals surface area (Å²) in [5.74, 6) is 0.419. The number of hydrogen-bond acceptors (Lipinski definition) is 4. The van der Waals surface area contributed by atoms with Gasteiger partial charge in [0.05, 0.1) is 19.2 Å². The number of nitrogens with zero attached hydrogens (tertiary/aromatic N) is 1. The van der Waals surface area contributed by atoms with Crippen LogP contribution in [0, 0.1) is 0 Å². The molecule has 120 valence electrons. The standard InChI is InChI=1S/C17H16BrNO4/c1-23-11-4-2-10(3-5-11)6-7-19-9-13-12(17(19)22)8-14(20)15(18)16(13)21/h2-5,8,20-21H,6-7,9H2,1H3. The maximum atomic E-state index is 12.4. The van der Waals surface area contributed by atoms with Crippen molar-refractivity contribution in [3.05, 3.63) is 51.5 Å². The third-order valence-electron chi connectivity index (χ3n) is 4.02. The van der Waals surface area contributed by atoms with Gasteiger partial charge in [-0.25, -0.2) is 0 Å². The van der Waals surface area contributed by atoms with E-state index in [9.17, 15) is 15.0 Å². The van der Waals surface area contributed by atoms with Gasteiger partial charge in [0, 0.05) is 12.1 Å². The maximum absolute atomic E-state index is 12.4. The van der Waals surface area contributed by atoms with Crippen LogP contribution in [-0.4, -0.2) is 34.7 Å². The molecule has 0 aliphatic carbocycles. The Morgan fingerprint density at radius 2 is 1.96 bits per heavy atom. The molecule has 0 saturated heterocycles. The zero-order valence-corrected chi connectivity index (χ0v) is 14.1. The minimum absolute atomic E-state index is 0.0692. The van der Waals surface area contributed by atoms with Gasteiger partial charge in [-0.1, -0.05) is 12.1 Å². The number of halogens is 1. The van der Waals surface area contributed by atoms with E-state index in [1.807, 2.05) is 24.3 Å². The number of rotatable bonds is 4. The molecular formula is C17H16BrNO4. The molecule has 0 unspecified atom stereocenters. The number of benzene rings is 2. The van der Waals surface area contributed by atoms with E-state index in [1.165, 1.54) is 6.07 Å². The topological polar surface area (TPSA) is 70.0 Å². The Morgan fingerprint density at radius 3 is 2.61 bits per heavy atom. The lowest BCUT2D eigenvalue weighted by Gasteiger charge is -2.15. The molecule has 0 radical (unpaired) electrons. The molecule has 2 N–H and O–H groups in total. The molecular weight excluding hydrogens is 362 g/mol. The SMILES string of the molecule is COc1ccc(CCN2Cc3c(cc(O)c(Br)c3O)C2=O)cc1. The average Bonchev–Trinajstić information content (AvgIpc) is 2.88. The van der Waals surface area contributed by atoms with E-state index >= 15 is 0 Å². The summed E-state index contributed by atoms with van der Waals surface area (Å²) in [5, 5.41) is 19.8. The van der Waals surface area contributed by atoms with Gasteiger partial charge in [-0.15, -0.1) is 0 Å². The van der Waals surface area contributed by atoms with Crippen molar-refractivity contribution in [2.45, 2.75) is 13.0 Å². The lowest BCUT2D eigenvalue weighted by molar-refractivity contribution is 0.0780. The molecule has 2 aromatic carbocycles. The number of carbonyl (C=O) groups is 1. The van der Waals surface area contributed by atoms with Gasteiger partial charge < -0.3 is 19.8 Å². The van der Waals surface area contributed by atoms with Crippen molar-refractivity contribution in [1.29, 1.82) is 0 Å². The number of phenols is 2. The minimum Gasteiger partial charge on any atom is -0.507 e. The molecule has 23 heavy (non-hydrogen) atoms. The predicted molar refractivity (Wildman–Crippen MR) is 88.9 cm³/mol. The number of fused-ring (bicyclic) bond motifs is 1. The number of ether oxygens (including phenoxy) is 1. The molecule has 1 heterocycles. The Labute approximate surface area is 142 Å². The van der Waals surface area contributed by atoms with Crippen LogP contribution in [0.4, 0.5) is 0 Å². The molecule has 3 rings (SSSR count). The van der Waals surface area contributed by atoms with Crippen LogP contribution in [0.1, 0.15) is 21.5 Å². The van der Waals surface area contributed by atoms with E-state index in [-0.39, 0.29) is 21.9 Å². The fourth-order valence-corrected chi connectivity index (χ4v) is 3.04. The molecule has 1 aliphatic rings. The lowest BCUT2D eigenvalue weighted by Crippen LogP contribution is -2.26. The number of carbonyl (C=O) groups excluding carboxylic acids is 1. The molecule has 1 amide bonds. The van der Waals surface area contributed by atoms with Crippen LogP contribution in [0.2, 0.25) is 0 Å². The first-order chi connectivity index (χ1) is 11.0. The number of methoxy groups -OCH3 is 1. The van der Waals surface area contributed by atoms with Crippen LogP contribution in [0.5, 0.6) is 17.2 Å². The fourth-order valence-electron chi connectivity index (χ4n) is 2.69. The van der Waals surface area contributed by atoms with E-state index in [2.05, 4.69) is 15.9 Å². The molecule has 5 nitrogen and oxygen atoms in total.